The number of halogens is 1. The van der Waals surface area contributed by atoms with Crippen LogP contribution in [0.3, 0.4) is 0 Å². The molecule has 1 fully saturated rings. The van der Waals surface area contributed by atoms with Crippen LogP contribution in [0.4, 0.5) is 10.1 Å². The number of hydrogen-bond acceptors (Lipinski definition) is 4. The minimum Gasteiger partial charge on any atom is -0.324 e. The molecule has 1 saturated heterocycles. The summed E-state index contributed by atoms with van der Waals surface area (Å²) in [5.74, 6) is 0.0382. The number of hydrogen-bond donors (Lipinski definition) is 1. The van der Waals surface area contributed by atoms with Crippen LogP contribution in [0.1, 0.15) is 47.8 Å². The van der Waals surface area contributed by atoms with Gasteiger partial charge in [-0.15, -0.1) is 11.3 Å². The summed E-state index contributed by atoms with van der Waals surface area (Å²) in [6.45, 7) is 4.45. The number of ketones is 1. The van der Waals surface area contributed by atoms with Crippen molar-refractivity contribution in [3.8, 4) is 0 Å². The van der Waals surface area contributed by atoms with Gasteiger partial charge in [-0.25, -0.2) is 4.39 Å². The Bertz CT molecular complexity index is 805. The Morgan fingerprint density at radius 3 is 2.89 bits per heavy atom. The number of amides is 1. The number of para-hydroxylation sites is 1. The van der Waals surface area contributed by atoms with E-state index in [-0.39, 0.29) is 17.4 Å². The fraction of sp³-hybridized carbons (Fsp3) is 0.429. The van der Waals surface area contributed by atoms with Crippen LogP contribution in [0.2, 0.25) is 0 Å². The normalized spacial score (nSPS) is 17.6. The lowest BCUT2D eigenvalue weighted by atomic mass is 9.93. The topological polar surface area (TPSA) is 49.4 Å². The highest BCUT2D eigenvalue weighted by Crippen LogP contribution is 2.24. The Balaban J connectivity index is 1.46. The molecule has 1 aromatic carbocycles. The van der Waals surface area contributed by atoms with Crippen LogP contribution in [0.25, 0.3) is 0 Å². The lowest BCUT2D eigenvalue weighted by Gasteiger charge is -2.32. The molecule has 0 unspecified atom stereocenters. The van der Waals surface area contributed by atoms with Gasteiger partial charge in [0.2, 0.25) is 5.91 Å². The molecular weight excluding hydrogens is 363 g/mol. The zero-order valence-electron chi connectivity index (χ0n) is 15.5. The third kappa shape index (κ3) is 5.71. The summed E-state index contributed by atoms with van der Waals surface area (Å²) in [6.07, 6.45) is 3.44. The summed E-state index contributed by atoms with van der Waals surface area (Å²) >= 11 is 1.50. The van der Waals surface area contributed by atoms with E-state index >= 15 is 0 Å². The molecule has 1 atom stereocenters. The number of benzene rings is 1. The number of anilines is 1. The number of Topliss-reactive ketones (excluding diaryl/α,β-unsaturated/α-hetero) is 1. The Morgan fingerprint density at radius 1 is 1.33 bits per heavy atom. The minimum atomic E-state index is -0.407. The van der Waals surface area contributed by atoms with Crippen molar-refractivity contribution >= 4 is 28.7 Å². The van der Waals surface area contributed by atoms with Crippen molar-refractivity contribution in [2.45, 2.75) is 39.2 Å². The Morgan fingerprint density at radius 2 is 2.15 bits per heavy atom. The molecule has 0 radical (unpaired) electrons. The number of nitrogens with one attached hydrogen (secondary N) is 1. The van der Waals surface area contributed by atoms with Crippen molar-refractivity contribution in [1.82, 2.24) is 4.90 Å². The van der Waals surface area contributed by atoms with Crippen molar-refractivity contribution in [1.29, 1.82) is 0 Å². The lowest BCUT2D eigenvalue weighted by Crippen LogP contribution is -2.35. The Labute approximate surface area is 163 Å². The zero-order valence-corrected chi connectivity index (χ0v) is 16.4. The molecule has 3 rings (SSSR count). The fourth-order valence-corrected chi connectivity index (χ4v) is 4.35. The summed E-state index contributed by atoms with van der Waals surface area (Å²) in [5.41, 5.74) is 1.43. The highest BCUT2D eigenvalue weighted by molar-refractivity contribution is 7.12. The van der Waals surface area contributed by atoms with Crippen molar-refractivity contribution in [3.63, 3.8) is 0 Å². The third-order valence-corrected chi connectivity index (χ3v) is 6.02. The molecule has 6 heteroatoms. The predicted octanol–water partition coefficient (Wildman–Crippen LogP) is 4.72. The van der Waals surface area contributed by atoms with Gasteiger partial charge in [0, 0.05) is 19.5 Å². The van der Waals surface area contributed by atoms with Crippen molar-refractivity contribution in [2.75, 3.05) is 18.4 Å². The standard InChI is InChI=1S/C21H25FN2O2S/c1-15(25)20-11-17(14-27-20)13-24-10-4-5-16(12-24)8-9-21(26)23-19-7-3-2-6-18(19)22/h2-3,6-7,11,14,16H,4-5,8-10,12-13H2,1H3,(H,23,26)/t16-/m1/s1. The maximum Gasteiger partial charge on any atom is 0.224 e. The van der Waals surface area contributed by atoms with Gasteiger partial charge in [-0.2, -0.15) is 0 Å². The van der Waals surface area contributed by atoms with E-state index in [2.05, 4.69) is 15.6 Å². The van der Waals surface area contributed by atoms with Crippen LogP contribution < -0.4 is 5.32 Å². The number of carbonyl (C=O) groups is 2. The number of likely N-dealkylation sites (tertiary alicyclic amines) is 1. The summed E-state index contributed by atoms with van der Waals surface area (Å²) in [5, 5.41) is 4.71. The molecule has 0 spiro atoms. The van der Waals surface area contributed by atoms with Gasteiger partial charge < -0.3 is 5.32 Å². The van der Waals surface area contributed by atoms with Crippen LogP contribution in [0, 0.1) is 11.7 Å². The number of thiophene rings is 1. The first-order chi connectivity index (χ1) is 13.0. The van der Waals surface area contributed by atoms with E-state index in [4.69, 9.17) is 0 Å². The van der Waals surface area contributed by atoms with E-state index < -0.39 is 5.82 Å². The molecule has 1 N–H and O–H groups in total. The molecule has 144 valence electrons. The van der Waals surface area contributed by atoms with E-state index in [0.29, 0.717) is 12.3 Å². The molecule has 0 aliphatic carbocycles. The average molecular weight is 389 g/mol. The summed E-state index contributed by atoms with van der Waals surface area (Å²) in [6, 6.07) is 8.22. The number of carbonyl (C=O) groups excluding carboxylic acids is 2. The van der Waals surface area contributed by atoms with Gasteiger partial charge in [-0.1, -0.05) is 12.1 Å². The third-order valence-electron chi connectivity index (χ3n) is 4.94. The summed E-state index contributed by atoms with van der Waals surface area (Å²) in [4.78, 5) is 26.8. The van der Waals surface area contributed by atoms with Crippen molar-refractivity contribution in [3.05, 3.63) is 52.0 Å². The van der Waals surface area contributed by atoms with E-state index in [1.54, 1.807) is 25.1 Å². The molecular formula is C21H25FN2O2S. The van der Waals surface area contributed by atoms with Gasteiger partial charge in [-0.3, -0.25) is 14.5 Å². The van der Waals surface area contributed by atoms with Crippen LogP contribution >= 0.6 is 11.3 Å². The first kappa shape index (κ1) is 19.7. The van der Waals surface area contributed by atoms with Crippen molar-refractivity contribution in [2.24, 2.45) is 5.92 Å². The van der Waals surface area contributed by atoms with Gasteiger partial charge in [0.15, 0.2) is 5.78 Å². The zero-order chi connectivity index (χ0) is 19.2. The highest BCUT2D eigenvalue weighted by Gasteiger charge is 2.21. The number of rotatable bonds is 7. The number of piperidine rings is 1. The number of nitrogens with zero attached hydrogens (tertiary/aromatic N) is 1. The van der Waals surface area contributed by atoms with Crippen LogP contribution in [-0.2, 0) is 11.3 Å². The largest absolute Gasteiger partial charge is 0.324 e. The van der Waals surface area contributed by atoms with E-state index in [1.165, 1.54) is 23.0 Å². The van der Waals surface area contributed by atoms with Crippen LogP contribution in [0.5, 0.6) is 0 Å². The second kappa shape index (κ2) is 9.24. The highest BCUT2D eigenvalue weighted by atomic mass is 32.1. The summed E-state index contributed by atoms with van der Waals surface area (Å²) < 4.78 is 13.6. The minimum absolute atomic E-state index is 0.114. The maximum atomic E-state index is 13.6. The smallest absolute Gasteiger partial charge is 0.224 e. The summed E-state index contributed by atoms with van der Waals surface area (Å²) in [7, 11) is 0. The molecule has 1 amide bonds. The van der Waals surface area contributed by atoms with Crippen LogP contribution in [0.15, 0.2) is 35.7 Å². The predicted molar refractivity (Wildman–Crippen MR) is 107 cm³/mol. The van der Waals surface area contributed by atoms with Gasteiger partial charge in [0.25, 0.3) is 0 Å². The van der Waals surface area contributed by atoms with Gasteiger partial charge in [0.1, 0.15) is 5.82 Å². The van der Waals surface area contributed by atoms with Crippen molar-refractivity contribution < 1.29 is 14.0 Å². The molecule has 4 nitrogen and oxygen atoms in total. The molecule has 0 bridgehead atoms. The first-order valence-corrected chi connectivity index (χ1v) is 10.2. The molecule has 0 saturated carbocycles. The Hall–Kier alpha value is -2.05. The molecule has 2 heterocycles. The molecule has 1 aliphatic rings. The molecule has 1 aromatic heterocycles. The molecule has 2 aromatic rings. The first-order valence-electron chi connectivity index (χ1n) is 9.36. The van der Waals surface area contributed by atoms with E-state index in [0.717, 1.165) is 43.8 Å². The molecule has 1 aliphatic heterocycles. The monoisotopic (exact) mass is 388 g/mol. The lowest BCUT2D eigenvalue weighted by molar-refractivity contribution is -0.116. The maximum absolute atomic E-state index is 13.6. The molecule has 27 heavy (non-hydrogen) atoms. The SMILES string of the molecule is CC(=O)c1cc(CN2CCC[C@H](CCC(=O)Nc3ccccc3F)C2)cs1. The van der Waals surface area contributed by atoms with Gasteiger partial charge in [0.05, 0.1) is 10.6 Å². The van der Waals surface area contributed by atoms with Gasteiger partial charge in [-0.05, 0) is 67.8 Å². The second-order valence-corrected chi connectivity index (χ2v) is 8.10. The second-order valence-electron chi connectivity index (χ2n) is 7.19. The van der Waals surface area contributed by atoms with Crippen LogP contribution in [-0.4, -0.2) is 29.7 Å². The Kier molecular flexibility index (Phi) is 6.74. The van der Waals surface area contributed by atoms with Gasteiger partial charge >= 0.3 is 0 Å². The average Bonchev–Trinajstić information content (AvgIpc) is 3.11. The quantitative estimate of drug-likeness (QED) is 0.698. The van der Waals surface area contributed by atoms with E-state index in [9.17, 15) is 14.0 Å². The fourth-order valence-electron chi connectivity index (χ4n) is 3.54. The van der Waals surface area contributed by atoms with E-state index in [1.807, 2.05) is 6.07 Å².